The van der Waals surface area contributed by atoms with Crippen LogP contribution >= 0.6 is 11.6 Å². The molecular formula is C20H17ClFNO3. The summed E-state index contributed by atoms with van der Waals surface area (Å²) in [5.41, 5.74) is 1.36. The lowest BCUT2D eigenvalue weighted by Gasteiger charge is -2.15. The van der Waals surface area contributed by atoms with Crippen LogP contribution in [-0.4, -0.2) is 18.6 Å². The molecule has 0 fully saturated rings. The van der Waals surface area contributed by atoms with Crippen molar-refractivity contribution < 1.29 is 18.7 Å². The van der Waals surface area contributed by atoms with Crippen LogP contribution in [0.25, 0.3) is 0 Å². The van der Waals surface area contributed by atoms with Crippen LogP contribution in [0.1, 0.15) is 5.56 Å². The number of carbonyl (C=O) groups excluding carboxylic acids is 2. The quantitative estimate of drug-likeness (QED) is 0.173. The molecule has 0 aliphatic heterocycles. The third-order valence-corrected chi connectivity index (χ3v) is 3.72. The molecular weight excluding hydrogens is 357 g/mol. The number of anilines is 1. The highest BCUT2D eigenvalue weighted by molar-refractivity contribution is 6.69. The van der Waals surface area contributed by atoms with Crippen molar-refractivity contribution in [3.05, 3.63) is 83.8 Å². The van der Waals surface area contributed by atoms with Gasteiger partial charge < -0.3 is 9.64 Å². The lowest BCUT2D eigenvalue weighted by atomic mass is 10.2. The summed E-state index contributed by atoms with van der Waals surface area (Å²) < 4.78 is 19.7. The first-order valence-electron chi connectivity index (χ1n) is 7.74. The summed E-state index contributed by atoms with van der Waals surface area (Å²) in [6.45, 7) is 0.276. The number of allylic oxidation sites excluding steroid dienone is 3. The molecule has 0 saturated heterocycles. The van der Waals surface area contributed by atoms with Gasteiger partial charge in [0.25, 0.3) is 5.24 Å². The van der Waals surface area contributed by atoms with Crippen molar-refractivity contribution in [2.24, 2.45) is 0 Å². The molecule has 2 aromatic carbocycles. The van der Waals surface area contributed by atoms with Gasteiger partial charge in [0.2, 0.25) is 0 Å². The third kappa shape index (κ3) is 5.57. The van der Waals surface area contributed by atoms with E-state index in [1.165, 1.54) is 18.2 Å². The fourth-order valence-electron chi connectivity index (χ4n) is 2.07. The van der Waals surface area contributed by atoms with Crippen LogP contribution in [-0.2, 0) is 16.2 Å². The zero-order chi connectivity index (χ0) is 18.9. The summed E-state index contributed by atoms with van der Waals surface area (Å²) in [5.74, 6) is -0.329. The lowest BCUT2D eigenvalue weighted by Crippen LogP contribution is -2.08. The van der Waals surface area contributed by atoms with Crippen molar-refractivity contribution in [2.75, 3.05) is 11.9 Å². The molecule has 6 heteroatoms. The molecule has 0 bridgehead atoms. The summed E-state index contributed by atoms with van der Waals surface area (Å²) in [5, 5.41) is -0.835. The Morgan fingerprint density at radius 3 is 2.58 bits per heavy atom. The summed E-state index contributed by atoms with van der Waals surface area (Å²) >= 11 is 5.24. The highest BCUT2D eigenvalue weighted by atomic mass is 35.5. The molecule has 0 aromatic heterocycles. The van der Waals surface area contributed by atoms with Gasteiger partial charge in [0.1, 0.15) is 6.61 Å². The topological polar surface area (TPSA) is 46.6 Å². The second-order valence-electron chi connectivity index (χ2n) is 5.35. The van der Waals surface area contributed by atoms with E-state index in [0.29, 0.717) is 12.0 Å². The molecule has 2 aromatic rings. The van der Waals surface area contributed by atoms with Crippen molar-refractivity contribution in [2.45, 2.75) is 6.61 Å². The molecule has 134 valence electrons. The smallest absolute Gasteiger partial charge is 0.255 e. The molecule has 0 spiro atoms. The van der Waals surface area contributed by atoms with E-state index in [-0.39, 0.29) is 17.9 Å². The van der Waals surface area contributed by atoms with Crippen LogP contribution in [0, 0.1) is 5.82 Å². The minimum absolute atomic E-state index is 0.158. The van der Waals surface area contributed by atoms with Crippen LogP contribution < -0.4 is 9.64 Å². The predicted molar refractivity (Wildman–Crippen MR) is 99.7 cm³/mol. The fraction of sp³-hybridized carbons (Fsp3) is 0.100. The molecule has 4 nitrogen and oxygen atoms in total. The van der Waals surface area contributed by atoms with Crippen LogP contribution in [0.2, 0.25) is 0 Å². The number of benzene rings is 2. The second-order valence-corrected chi connectivity index (χ2v) is 5.70. The number of aldehydes is 1. The van der Waals surface area contributed by atoms with Gasteiger partial charge in [0, 0.05) is 25.0 Å². The molecule has 0 unspecified atom stereocenters. The largest absolute Gasteiger partial charge is 0.486 e. The van der Waals surface area contributed by atoms with Gasteiger partial charge in [0.05, 0.1) is 5.57 Å². The minimum Gasteiger partial charge on any atom is -0.486 e. The highest BCUT2D eigenvalue weighted by Crippen LogP contribution is 2.24. The molecule has 0 radical (unpaired) electrons. The van der Waals surface area contributed by atoms with E-state index in [0.717, 1.165) is 5.56 Å². The normalized spacial score (nSPS) is 11.4. The maximum absolute atomic E-state index is 14.2. The van der Waals surface area contributed by atoms with E-state index in [2.05, 4.69) is 0 Å². The maximum Gasteiger partial charge on any atom is 0.255 e. The number of carbonyl (C=O) groups is 2. The SMILES string of the molecule is CN(/C=C\C=C(/C=O)C(=O)Cl)c1ccc(OCc2ccccc2)c(F)c1. The van der Waals surface area contributed by atoms with E-state index >= 15 is 0 Å². The Kier molecular flexibility index (Phi) is 7.12. The van der Waals surface area contributed by atoms with E-state index in [1.54, 1.807) is 30.3 Å². The van der Waals surface area contributed by atoms with Gasteiger partial charge in [-0.1, -0.05) is 30.3 Å². The first-order chi connectivity index (χ1) is 12.5. The monoisotopic (exact) mass is 373 g/mol. The number of hydrogen-bond donors (Lipinski definition) is 0. The van der Waals surface area contributed by atoms with Gasteiger partial charge in [0.15, 0.2) is 17.9 Å². The van der Waals surface area contributed by atoms with Crippen molar-refractivity contribution in [3.63, 3.8) is 0 Å². The zero-order valence-electron chi connectivity index (χ0n) is 14.1. The first kappa shape index (κ1) is 19.4. The molecule has 0 heterocycles. The average molecular weight is 374 g/mol. The average Bonchev–Trinajstić information content (AvgIpc) is 2.64. The zero-order valence-corrected chi connectivity index (χ0v) is 14.8. The number of nitrogens with zero attached hydrogens (tertiary/aromatic N) is 1. The molecule has 0 saturated carbocycles. The maximum atomic E-state index is 14.2. The Bertz CT molecular complexity index is 834. The van der Waals surface area contributed by atoms with E-state index in [1.807, 2.05) is 30.3 Å². The molecule has 26 heavy (non-hydrogen) atoms. The Morgan fingerprint density at radius 2 is 1.96 bits per heavy atom. The third-order valence-electron chi connectivity index (χ3n) is 3.50. The van der Waals surface area contributed by atoms with E-state index < -0.39 is 11.1 Å². The molecule has 2 rings (SSSR count). The fourth-order valence-corrected chi connectivity index (χ4v) is 2.18. The molecule has 0 aliphatic rings. The first-order valence-corrected chi connectivity index (χ1v) is 8.11. The molecule has 0 aliphatic carbocycles. The Balaban J connectivity index is 2.03. The minimum atomic E-state index is -0.835. The second kappa shape index (κ2) is 9.53. The molecule has 0 atom stereocenters. The van der Waals surface area contributed by atoms with Crippen molar-refractivity contribution in [1.29, 1.82) is 0 Å². The predicted octanol–water partition coefficient (Wildman–Crippen LogP) is 4.25. The van der Waals surface area contributed by atoms with E-state index in [9.17, 15) is 14.0 Å². The number of hydrogen-bond acceptors (Lipinski definition) is 4. The number of halogens is 2. The number of ether oxygens (including phenoxy) is 1. The van der Waals surface area contributed by atoms with Gasteiger partial charge in [-0.3, -0.25) is 9.59 Å². The van der Waals surface area contributed by atoms with Crippen molar-refractivity contribution >= 4 is 28.8 Å². The summed E-state index contributed by atoms with van der Waals surface area (Å²) in [4.78, 5) is 23.2. The Morgan fingerprint density at radius 1 is 1.23 bits per heavy atom. The summed E-state index contributed by atoms with van der Waals surface area (Å²) in [7, 11) is 1.70. The lowest BCUT2D eigenvalue weighted by molar-refractivity contribution is -0.112. The van der Waals surface area contributed by atoms with Gasteiger partial charge in [-0.25, -0.2) is 4.39 Å². The van der Waals surface area contributed by atoms with Crippen LogP contribution in [0.15, 0.2) is 72.5 Å². The molecule has 0 amide bonds. The summed E-state index contributed by atoms with van der Waals surface area (Å²) in [6.07, 6.45) is 4.70. The van der Waals surface area contributed by atoms with Gasteiger partial charge >= 0.3 is 0 Å². The van der Waals surface area contributed by atoms with Gasteiger partial charge in [-0.2, -0.15) is 0 Å². The van der Waals surface area contributed by atoms with Crippen LogP contribution in [0.3, 0.4) is 0 Å². The van der Waals surface area contributed by atoms with Gasteiger partial charge in [-0.15, -0.1) is 0 Å². The Hall–Kier alpha value is -2.92. The number of rotatable bonds is 8. The Labute approximate surface area is 156 Å². The van der Waals surface area contributed by atoms with Crippen LogP contribution in [0.5, 0.6) is 5.75 Å². The standard InChI is InChI=1S/C20H17ClFNO3/c1-23(11-5-8-16(13-24)20(21)25)17-9-10-19(18(22)12-17)26-14-15-6-3-2-4-7-15/h2-13H,14H2,1H3/b11-5-,16-8+. The van der Waals surface area contributed by atoms with Gasteiger partial charge in [-0.05, 0) is 41.4 Å². The highest BCUT2D eigenvalue weighted by Gasteiger charge is 2.07. The summed E-state index contributed by atoms with van der Waals surface area (Å²) in [6, 6.07) is 14.1. The van der Waals surface area contributed by atoms with Crippen molar-refractivity contribution in [1.82, 2.24) is 0 Å². The van der Waals surface area contributed by atoms with Crippen molar-refractivity contribution in [3.8, 4) is 5.75 Å². The van der Waals surface area contributed by atoms with E-state index in [4.69, 9.17) is 16.3 Å². The van der Waals surface area contributed by atoms with Crippen LogP contribution in [0.4, 0.5) is 10.1 Å². The molecule has 0 N–H and O–H groups in total.